The number of aliphatic hydroxyl groups excluding tert-OH is 2. The first kappa shape index (κ1) is 24.3. The van der Waals surface area contributed by atoms with Crippen molar-refractivity contribution < 1.29 is 24.9 Å². The van der Waals surface area contributed by atoms with E-state index in [1.165, 1.54) is 38.5 Å². The Morgan fingerprint density at radius 1 is 1.29 bits per heavy atom. The second-order valence-corrected chi connectivity index (χ2v) is 11.2. The van der Waals surface area contributed by atoms with Crippen LogP contribution in [0, 0.1) is 5.92 Å². The van der Waals surface area contributed by atoms with Gasteiger partial charge in [-0.15, -0.1) is 23.1 Å². The molecule has 1 aliphatic carbocycles. The van der Waals surface area contributed by atoms with Gasteiger partial charge in [0.1, 0.15) is 5.78 Å². The molecule has 0 saturated heterocycles. The highest BCUT2D eigenvalue weighted by Gasteiger charge is 2.40. The number of rotatable bonds is 12. The Balaban J connectivity index is 1.46. The summed E-state index contributed by atoms with van der Waals surface area (Å²) in [7, 11) is 0. The zero-order chi connectivity index (χ0) is 22.2. The molecule has 1 aromatic carbocycles. The first-order valence-corrected chi connectivity index (χ1v) is 13.4. The minimum atomic E-state index is -0.817. The Morgan fingerprint density at radius 2 is 2.10 bits per heavy atom. The maximum Gasteiger partial charge on any atom is 0.313 e. The number of aliphatic hydroxyl groups is 2. The lowest BCUT2D eigenvalue weighted by Crippen LogP contribution is -2.22. The van der Waals surface area contributed by atoms with E-state index in [0.29, 0.717) is 6.42 Å². The van der Waals surface area contributed by atoms with Crippen LogP contribution < -0.4 is 0 Å². The average Bonchev–Trinajstić information content (AvgIpc) is 3.27. The molecule has 0 aliphatic heterocycles. The quantitative estimate of drug-likeness (QED) is 0.312. The van der Waals surface area contributed by atoms with E-state index in [1.54, 1.807) is 17.4 Å². The molecule has 0 bridgehead atoms. The normalized spacial score (nSPS) is 22.5. The lowest BCUT2D eigenvalue weighted by Gasteiger charge is -2.17. The number of carboxylic acids is 1. The molecular formula is C23H28O5S3. The van der Waals surface area contributed by atoms with Crippen LogP contribution in [0.25, 0.3) is 10.1 Å². The summed E-state index contributed by atoms with van der Waals surface area (Å²) in [5, 5.41) is 30.3. The fraction of sp³-hybridized carbons (Fsp3) is 0.478. The Kier molecular flexibility index (Phi) is 9.47. The smallest absolute Gasteiger partial charge is 0.313 e. The van der Waals surface area contributed by atoms with Gasteiger partial charge in [-0.25, -0.2) is 0 Å². The summed E-state index contributed by atoms with van der Waals surface area (Å²) in [6, 6.07) is 10.4. The number of ketones is 1. The number of carbonyl (C=O) groups is 2. The van der Waals surface area contributed by atoms with Crippen molar-refractivity contribution in [2.75, 3.05) is 17.3 Å². The van der Waals surface area contributed by atoms with E-state index in [4.69, 9.17) is 5.11 Å². The van der Waals surface area contributed by atoms with Gasteiger partial charge in [0.2, 0.25) is 0 Å². The van der Waals surface area contributed by atoms with Crippen molar-refractivity contribution >= 4 is 56.7 Å². The van der Waals surface area contributed by atoms with Crippen LogP contribution in [-0.2, 0) is 16.0 Å². The number of aryl methyl sites for hydroxylation is 1. The largest absolute Gasteiger partial charge is 0.481 e. The molecule has 0 radical (unpaired) electrons. The maximum absolute atomic E-state index is 12.3. The number of thioether (sulfide) groups is 2. The third-order valence-corrected chi connectivity index (χ3v) is 8.86. The topological polar surface area (TPSA) is 94.8 Å². The molecule has 4 unspecified atom stereocenters. The van der Waals surface area contributed by atoms with Crippen LogP contribution in [0.3, 0.4) is 0 Å². The summed E-state index contributed by atoms with van der Waals surface area (Å²) >= 11 is 4.64. The van der Waals surface area contributed by atoms with E-state index < -0.39 is 18.2 Å². The van der Waals surface area contributed by atoms with Crippen molar-refractivity contribution in [3.63, 3.8) is 0 Å². The molecule has 168 valence electrons. The van der Waals surface area contributed by atoms with Gasteiger partial charge in [0.15, 0.2) is 0 Å². The molecule has 3 N–H and O–H groups in total. The van der Waals surface area contributed by atoms with Gasteiger partial charge in [-0.05, 0) is 48.3 Å². The van der Waals surface area contributed by atoms with E-state index in [0.717, 1.165) is 24.3 Å². The van der Waals surface area contributed by atoms with Crippen LogP contribution >= 0.6 is 34.9 Å². The van der Waals surface area contributed by atoms with Crippen molar-refractivity contribution in [1.82, 2.24) is 0 Å². The van der Waals surface area contributed by atoms with Crippen molar-refractivity contribution in [3.05, 3.63) is 47.4 Å². The molecule has 31 heavy (non-hydrogen) atoms. The van der Waals surface area contributed by atoms with E-state index >= 15 is 0 Å². The second-order valence-electron chi connectivity index (χ2n) is 7.65. The van der Waals surface area contributed by atoms with E-state index in [2.05, 4.69) is 18.2 Å². The Bertz CT molecular complexity index is 877. The van der Waals surface area contributed by atoms with Crippen LogP contribution in [0.4, 0.5) is 0 Å². The highest BCUT2D eigenvalue weighted by Crippen LogP contribution is 2.34. The Morgan fingerprint density at radius 3 is 2.87 bits per heavy atom. The van der Waals surface area contributed by atoms with Gasteiger partial charge >= 0.3 is 5.97 Å². The third kappa shape index (κ3) is 7.36. The highest BCUT2D eigenvalue weighted by molar-refractivity contribution is 8.01. The standard InChI is InChI=1S/C23H28O5S3/c24-16(6-8-17-12-15-4-1-2-5-21(15)31-17)7-9-18-19(25)13-20(26)23(18)30-11-3-10-29-14-22(27)28/h1-2,4-5,7,9,12,16,18-19,23-25H,3,6,8,10-11,13-14H2,(H,27,28). The van der Waals surface area contributed by atoms with Gasteiger partial charge in [-0.1, -0.05) is 30.4 Å². The van der Waals surface area contributed by atoms with Crippen LogP contribution in [0.1, 0.15) is 24.1 Å². The summed E-state index contributed by atoms with van der Waals surface area (Å²) in [5.41, 5.74) is 0. The number of benzene rings is 1. The van der Waals surface area contributed by atoms with Gasteiger partial charge in [0.05, 0.1) is 23.2 Å². The summed E-state index contributed by atoms with van der Waals surface area (Å²) in [5.74, 6) is 0.515. The Labute approximate surface area is 194 Å². The third-order valence-electron chi connectivity index (χ3n) is 5.20. The molecule has 1 saturated carbocycles. The molecule has 0 spiro atoms. The number of fused-ring (bicyclic) bond motifs is 1. The summed E-state index contributed by atoms with van der Waals surface area (Å²) in [4.78, 5) is 24.1. The van der Waals surface area contributed by atoms with Crippen LogP contribution in [0.5, 0.6) is 0 Å². The molecule has 1 heterocycles. The van der Waals surface area contributed by atoms with E-state index in [9.17, 15) is 19.8 Å². The first-order chi connectivity index (χ1) is 14.9. The molecular weight excluding hydrogens is 452 g/mol. The van der Waals surface area contributed by atoms with Crippen LogP contribution in [-0.4, -0.2) is 61.8 Å². The summed E-state index contributed by atoms with van der Waals surface area (Å²) < 4.78 is 1.25. The van der Waals surface area contributed by atoms with Gasteiger partial charge in [0.25, 0.3) is 0 Å². The predicted molar refractivity (Wildman–Crippen MR) is 130 cm³/mol. The molecule has 5 nitrogen and oxygen atoms in total. The summed E-state index contributed by atoms with van der Waals surface area (Å²) in [6.07, 6.45) is 4.54. The molecule has 0 amide bonds. The van der Waals surface area contributed by atoms with Gasteiger partial charge in [0, 0.05) is 21.9 Å². The van der Waals surface area contributed by atoms with Crippen LogP contribution in [0.2, 0.25) is 0 Å². The second kappa shape index (κ2) is 12.1. The van der Waals surface area contributed by atoms with Crippen LogP contribution in [0.15, 0.2) is 42.5 Å². The van der Waals surface area contributed by atoms with Crippen molar-refractivity contribution in [3.8, 4) is 0 Å². The number of thiophene rings is 1. The first-order valence-electron chi connectivity index (χ1n) is 10.4. The number of carbonyl (C=O) groups excluding carboxylic acids is 1. The number of carboxylic acid groups (broad SMARTS) is 1. The average molecular weight is 481 g/mol. The zero-order valence-electron chi connectivity index (χ0n) is 17.2. The minimum Gasteiger partial charge on any atom is -0.481 e. The SMILES string of the molecule is O=C(O)CSCCCSC1C(=O)CC(O)C1C=CC(O)CCc1cc2ccccc2s1. The number of aliphatic carboxylic acids is 1. The lowest BCUT2D eigenvalue weighted by molar-refractivity contribution is -0.133. The molecule has 1 aromatic heterocycles. The monoisotopic (exact) mass is 480 g/mol. The zero-order valence-corrected chi connectivity index (χ0v) is 19.6. The van der Waals surface area contributed by atoms with E-state index in [1.807, 2.05) is 18.2 Å². The van der Waals surface area contributed by atoms with E-state index in [-0.39, 0.29) is 29.1 Å². The van der Waals surface area contributed by atoms with Crippen molar-refractivity contribution in [2.45, 2.75) is 43.1 Å². The van der Waals surface area contributed by atoms with Crippen molar-refractivity contribution in [1.29, 1.82) is 0 Å². The molecule has 3 rings (SSSR count). The highest BCUT2D eigenvalue weighted by atomic mass is 32.2. The van der Waals surface area contributed by atoms with Gasteiger partial charge in [-0.2, -0.15) is 11.8 Å². The number of hydrogen-bond donors (Lipinski definition) is 3. The fourth-order valence-corrected chi connectivity index (χ4v) is 6.91. The lowest BCUT2D eigenvalue weighted by atomic mass is 10.0. The molecule has 8 heteroatoms. The van der Waals surface area contributed by atoms with Gasteiger partial charge in [-0.3, -0.25) is 9.59 Å². The Hall–Kier alpha value is -1.32. The number of hydrogen-bond acceptors (Lipinski definition) is 7. The predicted octanol–water partition coefficient (Wildman–Crippen LogP) is 4.01. The molecule has 1 aliphatic rings. The van der Waals surface area contributed by atoms with Gasteiger partial charge < -0.3 is 15.3 Å². The summed E-state index contributed by atoms with van der Waals surface area (Å²) in [6.45, 7) is 0. The maximum atomic E-state index is 12.3. The molecule has 4 atom stereocenters. The number of Topliss-reactive ketones (excluding diaryl/α,β-unsaturated/α-hetero) is 1. The molecule has 1 fully saturated rings. The molecule has 2 aromatic rings. The van der Waals surface area contributed by atoms with Crippen molar-refractivity contribution in [2.24, 2.45) is 5.92 Å². The fourth-order valence-electron chi connectivity index (χ4n) is 3.64. The minimum absolute atomic E-state index is 0.0464.